The van der Waals surface area contributed by atoms with Gasteiger partial charge in [-0.3, -0.25) is 0 Å². The average Bonchev–Trinajstić information content (AvgIpc) is 2.27. The summed E-state index contributed by atoms with van der Waals surface area (Å²) in [5, 5.41) is 9.45. The normalized spacial score (nSPS) is 18.4. The van der Waals surface area contributed by atoms with Crippen LogP contribution in [0.25, 0.3) is 0 Å². The van der Waals surface area contributed by atoms with Crippen molar-refractivity contribution in [1.82, 2.24) is 4.90 Å². The van der Waals surface area contributed by atoms with Gasteiger partial charge in [-0.05, 0) is 55.5 Å². The Labute approximate surface area is 108 Å². The zero-order valence-corrected chi connectivity index (χ0v) is 11.2. The smallest absolute Gasteiger partial charge is 0.127 e. The number of nitrogens with zero attached hydrogens (tertiary/aromatic N) is 1. The van der Waals surface area contributed by atoms with Crippen molar-refractivity contribution in [2.75, 3.05) is 19.6 Å². The minimum Gasteiger partial charge on any atom is -0.508 e. The Morgan fingerprint density at radius 2 is 1.94 bits per heavy atom. The quantitative estimate of drug-likeness (QED) is 0.890. The highest BCUT2D eigenvalue weighted by Gasteiger charge is 2.21. The topological polar surface area (TPSA) is 23.5 Å². The molecule has 0 saturated carbocycles. The monoisotopic (exact) mass is 251 g/mol. The van der Waals surface area contributed by atoms with Gasteiger partial charge in [0.25, 0.3) is 0 Å². The van der Waals surface area contributed by atoms with E-state index in [0.29, 0.717) is 11.8 Å². The Kier molecular flexibility index (Phi) is 4.23. The lowest BCUT2D eigenvalue weighted by atomic mass is 9.89. The fraction of sp³-hybridized carbons (Fsp3) is 0.600. The van der Waals surface area contributed by atoms with Crippen molar-refractivity contribution in [2.24, 2.45) is 5.92 Å². The van der Waals surface area contributed by atoms with Crippen LogP contribution in [0.4, 0.5) is 4.39 Å². The molecule has 1 N–H and O–H groups in total. The van der Waals surface area contributed by atoms with Gasteiger partial charge in [-0.25, -0.2) is 4.39 Å². The molecule has 0 aliphatic carbocycles. The maximum atomic E-state index is 13.3. The molecule has 1 aliphatic heterocycles. The first-order chi connectivity index (χ1) is 8.54. The van der Waals surface area contributed by atoms with Gasteiger partial charge in [-0.15, -0.1) is 0 Å². The van der Waals surface area contributed by atoms with Gasteiger partial charge < -0.3 is 10.0 Å². The van der Waals surface area contributed by atoms with Crippen molar-refractivity contribution in [3.63, 3.8) is 0 Å². The number of rotatable bonds is 3. The van der Waals surface area contributed by atoms with Crippen LogP contribution in [0, 0.1) is 11.7 Å². The summed E-state index contributed by atoms with van der Waals surface area (Å²) in [6.45, 7) is 7.74. The number of piperidine rings is 1. The molecule has 1 aromatic rings. The minimum absolute atomic E-state index is 0.0367. The lowest BCUT2D eigenvalue weighted by molar-refractivity contribution is 0.192. The summed E-state index contributed by atoms with van der Waals surface area (Å²) in [6.07, 6.45) is 2.10. The SMILES string of the molecule is CC(C)CN1CCC(c2cc(O)cc(F)c2)CC1. The van der Waals surface area contributed by atoms with Crippen LogP contribution in [-0.4, -0.2) is 29.6 Å². The number of phenolic OH excluding ortho intramolecular Hbond substituents is 1. The second-order valence-corrected chi connectivity index (χ2v) is 5.71. The Balaban J connectivity index is 1.96. The first kappa shape index (κ1) is 13.3. The third-order valence-electron chi connectivity index (χ3n) is 3.59. The van der Waals surface area contributed by atoms with Crippen LogP contribution in [0.1, 0.15) is 38.2 Å². The first-order valence-electron chi connectivity index (χ1n) is 6.76. The summed E-state index contributed by atoms with van der Waals surface area (Å²) in [7, 11) is 0. The van der Waals surface area contributed by atoms with Crippen LogP contribution >= 0.6 is 0 Å². The van der Waals surface area contributed by atoms with Crippen LogP contribution in [-0.2, 0) is 0 Å². The van der Waals surface area contributed by atoms with Crippen LogP contribution in [0.5, 0.6) is 5.75 Å². The predicted molar refractivity (Wildman–Crippen MR) is 71.3 cm³/mol. The Morgan fingerprint density at radius 1 is 1.28 bits per heavy atom. The van der Waals surface area contributed by atoms with E-state index < -0.39 is 0 Å². The van der Waals surface area contributed by atoms with Crippen molar-refractivity contribution in [3.05, 3.63) is 29.6 Å². The zero-order chi connectivity index (χ0) is 13.1. The molecule has 0 radical (unpaired) electrons. The number of hydrogen-bond donors (Lipinski definition) is 1. The van der Waals surface area contributed by atoms with Crippen LogP contribution in [0.3, 0.4) is 0 Å². The molecule has 0 bridgehead atoms. The fourth-order valence-corrected chi connectivity index (χ4v) is 2.80. The molecule has 1 fully saturated rings. The fourth-order valence-electron chi connectivity index (χ4n) is 2.80. The maximum Gasteiger partial charge on any atom is 0.127 e. The minimum atomic E-state index is -0.338. The maximum absolute atomic E-state index is 13.3. The van der Waals surface area contributed by atoms with Crippen molar-refractivity contribution in [1.29, 1.82) is 0 Å². The standard InChI is InChI=1S/C15H22FNO/c1-11(2)10-17-5-3-12(4-6-17)13-7-14(16)9-15(18)8-13/h7-9,11-12,18H,3-6,10H2,1-2H3. The van der Waals surface area contributed by atoms with E-state index in [-0.39, 0.29) is 11.6 Å². The second kappa shape index (κ2) is 5.70. The van der Waals surface area contributed by atoms with Crippen LogP contribution < -0.4 is 0 Å². The van der Waals surface area contributed by atoms with Crippen LogP contribution in [0.15, 0.2) is 18.2 Å². The van der Waals surface area contributed by atoms with E-state index in [0.717, 1.165) is 44.1 Å². The molecule has 2 nitrogen and oxygen atoms in total. The third-order valence-corrected chi connectivity index (χ3v) is 3.59. The predicted octanol–water partition coefficient (Wildman–Crippen LogP) is 3.37. The molecule has 0 spiro atoms. The van der Waals surface area contributed by atoms with Crippen molar-refractivity contribution >= 4 is 0 Å². The molecule has 0 atom stereocenters. The molecule has 100 valence electrons. The van der Waals surface area contributed by atoms with Gasteiger partial charge in [0.05, 0.1) is 0 Å². The second-order valence-electron chi connectivity index (χ2n) is 5.71. The van der Waals surface area contributed by atoms with Crippen LogP contribution in [0.2, 0.25) is 0 Å². The lowest BCUT2D eigenvalue weighted by Crippen LogP contribution is -2.35. The molecule has 18 heavy (non-hydrogen) atoms. The van der Waals surface area contributed by atoms with Crippen molar-refractivity contribution in [3.8, 4) is 5.75 Å². The molecular formula is C15H22FNO. The van der Waals surface area contributed by atoms with E-state index in [1.807, 2.05) is 0 Å². The number of phenols is 1. The summed E-state index contributed by atoms with van der Waals surface area (Å²) in [5.74, 6) is 0.777. The van der Waals surface area contributed by atoms with E-state index in [9.17, 15) is 9.50 Å². The molecule has 0 aromatic heterocycles. The Hall–Kier alpha value is -1.09. The van der Waals surface area contributed by atoms with E-state index in [4.69, 9.17) is 0 Å². The molecule has 0 amide bonds. The number of likely N-dealkylation sites (tertiary alicyclic amines) is 1. The van der Waals surface area contributed by atoms with Gasteiger partial charge >= 0.3 is 0 Å². The zero-order valence-electron chi connectivity index (χ0n) is 11.2. The highest BCUT2D eigenvalue weighted by Crippen LogP contribution is 2.30. The number of benzene rings is 1. The van der Waals surface area contributed by atoms with E-state index in [2.05, 4.69) is 18.7 Å². The summed E-state index contributed by atoms with van der Waals surface area (Å²) in [4.78, 5) is 2.47. The third kappa shape index (κ3) is 3.45. The number of hydrogen-bond acceptors (Lipinski definition) is 2. The Morgan fingerprint density at radius 3 is 2.50 bits per heavy atom. The highest BCUT2D eigenvalue weighted by molar-refractivity contribution is 5.31. The number of halogens is 1. The summed E-state index contributed by atoms with van der Waals surface area (Å²) >= 11 is 0. The van der Waals surface area contributed by atoms with Crippen molar-refractivity contribution < 1.29 is 9.50 Å². The molecule has 0 unspecified atom stereocenters. The molecule has 1 aliphatic rings. The largest absolute Gasteiger partial charge is 0.508 e. The van der Waals surface area contributed by atoms with E-state index in [1.54, 1.807) is 12.1 Å². The van der Waals surface area contributed by atoms with Gasteiger partial charge in [0.1, 0.15) is 11.6 Å². The van der Waals surface area contributed by atoms with Gasteiger partial charge in [0.2, 0.25) is 0 Å². The molecule has 1 heterocycles. The van der Waals surface area contributed by atoms with Gasteiger partial charge in [-0.2, -0.15) is 0 Å². The number of aromatic hydroxyl groups is 1. The summed E-state index contributed by atoms with van der Waals surface area (Å²) in [6, 6.07) is 4.42. The van der Waals surface area contributed by atoms with E-state index >= 15 is 0 Å². The summed E-state index contributed by atoms with van der Waals surface area (Å²) in [5.41, 5.74) is 0.941. The molecule has 1 saturated heterocycles. The van der Waals surface area contributed by atoms with Gasteiger partial charge in [0, 0.05) is 12.6 Å². The highest BCUT2D eigenvalue weighted by atomic mass is 19.1. The first-order valence-corrected chi connectivity index (χ1v) is 6.76. The molecular weight excluding hydrogens is 229 g/mol. The van der Waals surface area contributed by atoms with E-state index in [1.165, 1.54) is 0 Å². The Bertz CT molecular complexity index is 377. The average molecular weight is 251 g/mol. The van der Waals surface area contributed by atoms with Crippen molar-refractivity contribution in [2.45, 2.75) is 32.6 Å². The molecule has 2 rings (SSSR count). The van der Waals surface area contributed by atoms with Gasteiger partial charge in [0.15, 0.2) is 0 Å². The molecule has 3 heteroatoms. The summed E-state index contributed by atoms with van der Waals surface area (Å²) < 4.78 is 13.3. The lowest BCUT2D eigenvalue weighted by Gasteiger charge is -2.33. The van der Waals surface area contributed by atoms with Gasteiger partial charge in [-0.1, -0.05) is 13.8 Å². The molecule has 1 aromatic carbocycles.